The molecule has 3 rings (SSSR count). The van der Waals surface area contributed by atoms with Crippen LogP contribution in [0.3, 0.4) is 0 Å². The monoisotopic (exact) mass is 379 g/mol. The summed E-state index contributed by atoms with van der Waals surface area (Å²) in [6.45, 7) is 1.56. The van der Waals surface area contributed by atoms with Crippen LogP contribution in [0.2, 0.25) is 0 Å². The highest BCUT2D eigenvalue weighted by Crippen LogP contribution is 2.21. The molecule has 1 aliphatic rings. The number of carbonyl (C=O) groups is 1. The predicted molar refractivity (Wildman–Crippen MR) is 92.4 cm³/mol. The zero-order valence-corrected chi connectivity index (χ0v) is 15.0. The lowest BCUT2D eigenvalue weighted by Crippen LogP contribution is -2.45. The van der Waals surface area contributed by atoms with Crippen LogP contribution in [0, 0.1) is 0 Å². The zero-order valence-electron chi connectivity index (χ0n) is 13.4. The van der Waals surface area contributed by atoms with E-state index in [1.165, 1.54) is 6.42 Å². The van der Waals surface area contributed by atoms with E-state index in [4.69, 9.17) is 4.74 Å². The van der Waals surface area contributed by atoms with E-state index >= 15 is 0 Å². The van der Waals surface area contributed by atoms with Gasteiger partial charge in [0.25, 0.3) is 0 Å². The van der Waals surface area contributed by atoms with Crippen molar-refractivity contribution < 1.29 is 9.53 Å². The largest absolute Gasteiger partial charge is 0.385 e. The third kappa shape index (κ3) is 3.75. The number of hydrogen-bond donors (Lipinski definition) is 0. The van der Waals surface area contributed by atoms with Gasteiger partial charge in [-0.2, -0.15) is 0 Å². The van der Waals surface area contributed by atoms with Gasteiger partial charge in [-0.25, -0.2) is 4.98 Å². The van der Waals surface area contributed by atoms with Crippen molar-refractivity contribution in [2.45, 2.75) is 38.1 Å². The van der Waals surface area contributed by atoms with Crippen LogP contribution in [0.1, 0.15) is 31.4 Å². The van der Waals surface area contributed by atoms with E-state index < -0.39 is 0 Å². The molecule has 1 atom stereocenters. The summed E-state index contributed by atoms with van der Waals surface area (Å²) >= 11 is 3.47. The summed E-state index contributed by atoms with van der Waals surface area (Å²) < 4.78 is 8.15. The molecule has 3 heterocycles. The predicted octanol–water partition coefficient (Wildman–Crippen LogP) is 3.06. The van der Waals surface area contributed by atoms with Crippen molar-refractivity contribution in [3.63, 3.8) is 0 Å². The summed E-state index contributed by atoms with van der Waals surface area (Å²) in [5.41, 5.74) is 1.80. The number of likely N-dealkylation sites (tertiary alicyclic amines) is 1. The molecule has 6 heteroatoms. The van der Waals surface area contributed by atoms with E-state index in [1.807, 2.05) is 27.6 Å². The maximum atomic E-state index is 12.8. The molecule has 124 valence electrons. The Hall–Kier alpha value is -1.40. The summed E-state index contributed by atoms with van der Waals surface area (Å²) in [6, 6.07) is 4.21. The van der Waals surface area contributed by atoms with Gasteiger partial charge in [-0.05, 0) is 53.7 Å². The van der Waals surface area contributed by atoms with Crippen molar-refractivity contribution in [1.82, 2.24) is 14.3 Å². The van der Waals surface area contributed by atoms with Gasteiger partial charge in [-0.15, -0.1) is 0 Å². The number of ether oxygens (including phenoxy) is 1. The molecule has 5 nitrogen and oxygen atoms in total. The first kappa shape index (κ1) is 16.5. The summed E-state index contributed by atoms with van der Waals surface area (Å²) in [7, 11) is 1.71. The molecule has 0 N–H and O–H groups in total. The Morgan fingerprint density at radius 2 is 2.30 bits per heavy atom. The highest BCUT2D eigenvalue weighted by Gasteiger charge is 2.26. The second kappa shape index (κ2) is 7.45. The van der Waals surface area contributed by atoms with E-state index in [2.05, 4.69) is 20.9 Å². The number of piperidine rings is 1. The Kier molecular flexibility index (Phi) is 5.33. The average Bonchev–Trinajstić information content (AvgIpc) is 2.95. The van der Waals surface area contributed by atoms with Gasteiger partial charge in [0, 0.05) is 43.2 Å². The molecule has 1 amide bonds. The number of halogens is 1. The van der Waals surface area contributed by atoms with E-state index in [0.717, 1.165) is 41.6 Å². The van der Waals surface area contributed by atoms with Crippen molar-refractivity contribution in [3.8, 4) is 0 Å². The summed E-state index contributed by atoms with van der Waals surface area (Å²) in [4.78, 5) is 19.2. The van der Waals surface area contributed by atoms with Gasteiger partial charge >= 0.3 is 0 Å². The maximum Gasteiger partial charge on any atom is 0.228 e. The Bertz CT molecular complexity index is 686. The van der Waals surface area contributed by atoms with Gasteiger partial charge in [-0.3, -0.25) is 4.79 Å². The van der Waals surface area contributed by atoms with E-state index in [-0.39, 0.29) is 5.91 Å². The molecule has 0 spiro atoms. The zero-order chi connectivity index (χ0) is 16.2. The minimum Gasteiger partial charge on any atom is -0.385 e. The molecule has 0 saturated carbocycles. The number of imidazole rings is 1. The molecule has 0 aliphatic carbocycles. The number of carbonyl (C=O) groups excluding carboxylic acids is 1. The van der Waals surface area contributed by atoms with Crippen molar-refractivity contribution >= 4 is 27.5 Å². The Labute approximate surface area is 144 Å². The number of rotatable bonds is 5. The fraction of sp³-hybridized carbons (Fsp3) is 0.529. The van der Waals surface area contributed by atoms with Crippen LogP contribution < -0.4 is 0 Å². The van der Waals surface area contributed by atoms with E-state index in [0.29, 0.717) is 19.1 Å². The van der Waals surface area contributed by atoms with E-state index in [1.54, 1.807) is 13.3 Å². The molecule has 2 aromatic heterocycles. The number of amides is 1. The number of methoxy groups -OCH3 is 1. The first-order valence-electron chi connectivity index (χ1n) is 8.09. The Morgan fingerprint density at radius 1 is 1.43 bits per heavy atom. The number of fused-ring (bicyclic) bond motifs is 1. The SMILES string of the molecule is COCCC1CCCCN1C(=O)Cc1cnc2ccc(Br)cn12. The normalized spacial score (nSPS) is 18.5. The lowest BCUT2D eigenvalue weighted by Gasteiger charge is -2.35. The van der Waals surface area contributed by atoms with Gasteiger partial charge < -0.3 is 14.0 Å². The Balaban J connectivity index is 1.75. The van der Waals surface area contributed by atoms with Crippen LogP contribution in [0.5, 0.6) is 0 Å². The molecule has 1 saturated heterocycles. The highest BCUT2D eigenvalue weighted by atomic mass is 79.9. The number of pyridine rings is 1. The maximum absolute atomic E-state index is 12.8. The van der Waals surface area contributed by atoms with Crippen molar-refractivity contribution in [1.29, 1.82) is 0 Å². The third-order valence-corrected chi connectivity index (χ3v) is 4.95. The molecule has 1 aliphatic heterocycles. The van der Waals surface area contributed by atoms with Crippen LogP contribution in [-0.2, 0) is 16.0 Å². The molecule has 0 aromatic carbocycles. The molecule has 1 fully saturated rings. The van der Waals surface area contributed by atoms with Crippen LogP contribution in [-0.4, -0.2) is 46.5 Å². The standard InChI is InChI=1S/C17H22BrN3O2/c1-23-9-7-14-4-2-3-8-20(14)17(22)10-15-11-19-16-6-5-13(18)12-21(15)16/h5-6,11-12,14H,2-4,7-10H2,1H3. The highest BCUT2D eigenvalue weighted by molar-refractivity contribution is 9.10. The third-order valence-electron chi connectivity index (χ3n) is 4.48. The smallest absolute Gasteiger partial charge is 0.228 e. The van der Waals surface area contributed by atoms with Gasteiger partial charge in [0.05, 0.1) is 12.1 Å². The number of hydrogen-bond acceptors (Lipinski definition) is 3. The molecular formula is C17H22BrN3O2. The number of aromatic nitrogens is 2. The van der Waals surface area contributed by atoms with Crippen molar-refractivity contribution in [2.75, 3.05) is 20.3 Å². The van der Waals surface area contributed by atoms with Crippen molar-refractivity contribution in [2.24, 2.45) is 0 Å². The molecule has 1 unspecified atom stereocenters. The minimum atomic E-state index is 0.188. The first-order chi connectivity index (χ1) is 11.2. The second-order valence-corrected chi connectivity index (χ2v) is 6.94. The molecule has 0 radical (unpaired) electrons. The molecular weight excluding hydrogens is 358 g/mol. The van der Waals surface area contributed by atoms with Crippen LogP contribution in [0.25, 0.3) is 5.65 Å². The Morgan fingerprint density at radius 3 is 3.13 bits per heavy atom. The number of nitrogens with zero attached hydrogens (tertiary/aromatic N) is 3. The lowest BCUT2D eigenvalue weighted by molar-refractivity contribution is -0.134. The first-order valence-corrected chi connectivity index (χ1v) is 8.88. The van der Waals surface area contributed by atoms with E-state index in [9.17, 15) is 4.79 Å². The lowest BCUT2D eigenvalue weighted by atomic mass is 9.99. The quantitative estimate of drug-likeness (QED) is 0.801. The summed E-state index contributed by atoms with van der Waals surface area (Å²) in [6.07, 6.45) is 8.43. The molecule has 2 aromatic rings. The average molecular weight is 380 g/mol. The van der Waals surface area contributed by atoms with Crippen LogP contribution >= 0.6 is 15.9 Å². The fourth-order valence-corrected chi connectivity index (χ4v) is 3.61. The van der Waals surface area contributed by atoms with Crippen LogP contribution in [0.15, 0.2) is 29.0 Å². The second-order valence-electron chi connectivity index (χ2n) is 6.02. The van der Waals surface area contributed by atoms with Gasteiger partial charge in [-0.1, -0.05) is 0 Å². The van der Waals surface area contributed by atoms with Gasteiger partial charge in [0.15, 0.2) is 0 Å². The molecule has 0 bridgehead atoms. The topological polar surface area (TPSA) is 46.8 Å². The van der Waals surface area contributed by atoms with Crippen molar-refractivity contribution in [3.05, 3.63) is 34.7 Å². The van der Waals surface area contributed by atoms with Crippen LogP contribution in [0.4, 0.5) is 0 Å². The molecule has 23 heavy (non-hydrogen) atoms. The summed E-state index contributed by atoms with van der Waals surface area (Å²) in [5, 5.41) is 0. The summed E-state index contributed by atoms with van der Waals surface area (Å²) in [5.74, 6) is 0.188. The minimum absolute atomic E-state index is 0.188. The van der Waals surface area contributed by atoms with Gasteiger partial charge in [0.2, 0.25) is 5.91 Å². The fourth-order valence-electron chi connectivity index (χ4n) is 3.28. The van der Waals surface area contributed by atoms with Gasteiger partial charge in [0.1, 0.15) is 5.65 Å².